The summed E-state index contributed by atoms with van der Waals surface area (Å²) in [7, 11) is 0. The fraction of sp³-hybridized carbons (Fsp3) is 0.538. The molecule has 0 radical (unpaired) electrons. The predicted molar refractivity (Wildman–Crippen MR) is 71.5 cm³/mol. The molecule has 0 spiro atoms. The maximum atomic E-state index is 5.77. The molecule has 0 saturated carbocycles. The Morgan fingerprint density at radius 2 is 2.39 bits per heavy atom. The van der Waals surface area contributed by atoms with Gasteiger partial charge in [0, 0.05) is 30.4 Å². The molecule has 18 heavy (non-hydrogen) atoms. The molecule has 1 unspecified atom stereocenters. The number of nitrogens with zero attached hydrogens (tertiary/aromatic N) is 4. The summed E-state index contributed by atoms with van der Waals surface area (Å²) in [6, 6.07) is 3.72. The van der Waals surface area contributed by atoms with E-state index in [4.69, 9.17) is 5.73 Å². The highest BCUT2D eigenvalue weighted by Crippen LogP contribution is 2.24. The zero-order valence-corrected chi connectivity index (χ0v) is 10.7. The average Bonchev–Trinajstić information content (AvgIpc) is 2.81. The number of nitrogen functional groups attached to an aromatic ring is 1. The molecule has 3 heterocycles. The minimum Gasteiger partial charge on any atom is -0.399 e. The second kappa shape index (κ2) is 4.57. The van der Waals surface area contributed by atoms with Gasteiger partial charge in [0.15, 0.2) is 11.5 Å². The first-order valence-corrected chi connectivity index (χ1v) is 6.60. The summed E-state index contributed by atoms with van der Waals surface area (Å²) < 4.78 is 1.82. The monoisotopic (exact) mass is 245 g/mol. The molecule has 0 aromatic carbocycles. The van der Waals surface area contributed by atoms with Gasteiger partial charge in [0.05, 0.1) is 0 Å². The first kappa shape index (κ1) is 11.5. The summed E-state index contributed by atoms with van der Waals surface area (Å²) in [4.78, 5) is 7.08. The van der Waals surface area contributed by atoms with E-state index in [1.165, 1.54) is 19.4 Å². The van der Waals surface area contributed by atoms with Gasteiger partial charge in [-0.1, -0.05) is 6.92 Å². The van der Waals surface area contributed by atoms with Crippen LogP contribution in [0.4, 0.5) is 5.69 Å². The van der Waals surface area contributed by atoms with E-state index in [1.54, 1.807) is 0 Å². The maximum Gasteiger partial charge on any atom is 0.157 e. The number of anilines is 1. The van der Waals surface area contributed by atoms with E-state index in [9.17, 15) is 0 Å². The second-order valence-corrected chi connectivity index (χ2v) is 4.97. The maximum absolute atomic E-state index is 5.77. The first-order valence-electron chi connectivity index (χ1n) is 6.60. The lowest BCUT2D eigenvalue weighted by Gasteiger charge is -2.30. The van der Waals surface area contributed by atoms with E-state index in [-0.39, 0.29) is 0 Å². The fourth-order valence-electron chi connectivity index (χ4n) is 2.64. The molecule has 1 fully saturated rings. The number of likely N-dealkylation sites (tertiary alicyclic amines) is 1. The van der Waals surface area contributed by atoms with Gasteiger partial charge in [-0.05, 0) is 32.0 Å². The number of rotatable bonds is 2. The molecule has 2 aromatic heterocycles. The van der Waals surface area contributed by atoms with Crippen LogP contribution in [-0.2, 0) is 0 Å². The van der Waals surface area contributed by atoms with Crippen molar-refractivity contribution < 1.29 is 0 Å². The fourth-order valence-corrected chi connectivity index (χ4v) is 2.64. The van der Waals surface area contributed by atoms with Crippen molar-refractivity contribution in [2.45, 2.75) is 25.7 Å². The van der Waals surface area contributed by atoms with E-state index < -0.39 is 0 Å². The molecular formula is C13H19N5. The second-order valence-electron chi connectivity index (χ2n) is 4.97. The topological polar surface area (TPSA) is 59.5 Å². The van der Waals surface area contributed by atoms with Crippen LogP contribution in [0.1, 0.15) is 31.5 Å². The normalized spacial score (nSPS) is 21.5. The van der Waals surface area contributed by atoms with Crippen LogP contribution < -0.4 is 5.73 Å². The molecule has 1 aliphatic rings. The molecule has 3 rings (SSSR count). The van der Waals surface area contributed by atoms with Crippen LogP contribution in [0.25, 0.3) is 5.65 Å². The molecular weight excluding hydrogens is 226 g/mol. The minimum atomic E-state index is 0.458. The largest absolute Gasteiger partial charge is 0.399 e. The van der Waals surface area contributed by atoms with Crippen LogP contribution in [0.15, 0.2) is 18.3 Å². The van der Waals surface area contributed by atoms with Crippen molar-refractivity contribution in [1.29, 1.82) is 0 Å². The van der Waals surface area contributed by atoms with Crippen LogP contribution in [0.3, 0.4) is 0 Å². The van der Waals surface area contributed by atoms with Gasteiger partial charge in [-0.3, -0.25) is 0 Å². The molecule has 0 bridgehead atoms. The summed E-state index contributed by atoms with van der Waals surface area (Å²) in [5, 5.41) is 4.57. The molecule has 5 heteroatoms. The number of hydrogen-bond donors (Lipinski definition) is 1. The van der Waals surface area contributed by atoms with Crippen molar-refractivity contribution in [1.82, 2.24) is 19.5 Å². The molecule has 96 valence electrons. The van der Waals surface area contributed by atoms with Gasteiger partial charge in [0.25, 0.3) is 0 Å². The van der Waals surface area contributed by atoms with E-state index in [0.717, 1.165) is 30.2 Å². The number of piperidine rings is 1. The Labute approximate surface area is 107 Å². The first-order chi connectivity index (χ1) is 8.76. The van der Waals surface area contributed by atoms with Crippen molar-refractivity contribution in [3.63, 3.8) is 0 Å². The van der Waals surface area contributed by atoms with Gasteiger partial charge in [-0.2, -0.15) is 5.10 Å². The highest BCUT2D eigenvalue weighted by Gasteiger charge is 2.23. The number of pyridine rings is 1. The van der Waals surface area contributed by atoms with Crippen LogP contribution in [0.2, 0.25) is 0 Å². The van der Waals surface area contributed by atoms with E-state index in [2.05, 4.69) is 21.9 Å². The summed E-state index contributed by atoms with van der Waals surface area (Å²) in [6.07, 6.45) is 4.29. The molecule has 2 aromatic rings. The number of nitrogens with two attached hydrogens (primary N) is 1. The zero-order valence-electron chi connectivity index (χ0n) is 10.7. The van der Waals surface area contributed by atoms with Crippen molar-refractivity contribution in [3.8, 4) is 0 Å². The van der Waals surface area contributed by atoms with E-state index in [1.807, 2.05) is 22.8 Å². The third-order valence-corrected chi connectivity index (χ3v) is 3.70. The Hall–Kier alpha value is -1.62. The lowest BCUT2D eigenvalue weighted by atomic mass is 9.97. The number of hydrogen-bond acceptors (Lipinski definition) is 4. The highest BCUT2D eigenvalue weighted by molar-refractivity contribution is 5.50. The van der Waals surface area contributed by atoms with Crippen molar-refractivity contribution in [2.75, 3.05) is 25.4 Å². The van der Waals surface area contributed by atoms with Crippen LogP contribution in [0, 0.1) is 0 Å². The third kappa shape index (κ3) is 2.06. The van der Waals surface area contributed by atoms with E-state index in [0.29, 0.717) is 5.92 Å². The number of likely N-dealkylation sites (N-methyl/N-ethyl adjacent to an activating group) is 1. The SMILES string of the molecule is CCN1CCCC(c2nc3cc(N)ccn3n2)C1. The Kier molecular flexibility index (Phi) is 2.91. The molecule has 5 nitrogen and oxygen atoms in total. The molecule has 1 atom stereocenters. The molecule has 0 aliphatic carbocycles. The molecule has 0 amide bonds. The lowest BCUT2D eigenvalue weighted by molar-refractivity contribution is 0.214. The standard InChI is InChI=1S/C13H19N5/c1-2-17-6-3-4-10(9-17)13-15-12-8-11(14)5-7-18(12)16-13/h5,7-8,10H,2-4,6,9,14H2,1H3. The van der Waals surface area contributed by atoms with Crippen LogP contribution >= 0.6 is 0 Å². The minimum absolute atomic E-state index is 0.458. The summed E-state index contributed by atoms with van der Waals surface area (Å²) in [5.74, 6) is 1.42. The number of aromatic nitrogens is 3. The van der Waals surface area contributed by atoms with Gasteiger partial charge in [-0.25, -0.2) is 9.50 Å². The zero-order chi connectivity index (χ0) is 12.5. The van der Waals surface area contributed by atoms with Crippen molar-refractivity contribution in [3.05, 3.63) is 24.2 Å². The van der Waals surface area contributed by atoms with Gasteiger partial charge < -0.3 is 10.6 Å². The summed E-state index contributed by atoms with van der Waals surface area (Å²) >= 11 is 0. The van der Waals surface area contributed by atoms with Gasteiger partial charge in [0.1, 0.15) is 0 Å². The molecule has 1 aliphatic heterocycles. The summed E-state index contributed by atoms with van der Waals surface area (Å²) in [6.45, 7) is 5.59. The predicted octanol–water partition coefficient (Wildman–Crippen LogP) is 1.51. The average molecular weight is 245 g/mol. The van der Waals surface area contributed by atoms with Crippen molar-refractivity contribution >= 4 is 11.3 Å². The third-order valence-electron chi connectivity index (χ3n) is 3.70. The Balaban J connectivity index is 1.89. The molecule has 1 saturated heterocycles. The van der Waals surface area contributed by atoms with Gasteiger partial charge in [-0.15, -0.1) is 0 Å². The Morgan fingerprint density at radius 1 is 1.50 bits per heavy atom. The van der Waals surface area contributed by atoms with Crippen LogP contribution in [-0.4, -0.2) is 39.1 Å². The summed E-state index contributed by atoms with van der Waals surface area (Å²) in [5.41, 5.74) is 7.35. The quantitative estimate of drug-likeness (QED) is 0.871. The van der Waals surface area contributed by atoms with E-state index >= 15 is 0 Å². The Morgan fingerprint density at radius 3 is 3.22 bits per heavy atom. The number of fused-ring (bicyclic) bond motifs is 1. The highest BCUT2D eigenvalue weighted by atomic mass is 15.3. The Bertz CT molecular complexity index is 547. The van der Waals surface area contributed by atoms with Crippen molar-refractivity contribution in [2.24, 2.45) is 0 Å². The smallest absolute Gasteiger partial charge is 0.157 e. The lowest BCUT2D eigenvalue weighted by Crippen LogP contribution is -2.34. The van der Waals surface area contributed by atoms with Gasteiger partial charge >= 0.3 is 0 Å². The van der Waals surface area contributed by atoms with Crippen LogP contribution in [0.5, 0.6) is 0 Å². The molecule has 2 N–H and O–H groups in total. The van der Waals surface area contributed by atoms with Gasteiger partial charge in [0.2, 0.25) is 0 Å².